The fourth-order valence-electron chi connectivity index (χ4n) is 5.19. The van der Waals surface area contributed by atoms with Crippen LogP contribution in [0.15, 0.2) is 66.0 Å². The lowest BCUT2D eigenvalue weighted by atomic mass is 9.93. The molecule has 176 valence electrons. The van der Waals surface area contributed by atoms with E-state index < -0.39 is 0 Å². The molecule has 3 heterocycles. The van der Waals surface area contributed by atoms with Gasteiger partial charge in [-0.05, 0) is 54.0 Å². The van der Waals surface area contributed by atoms with Gasteiger partial charge in [0.15, 0.2) is 0 Å². The number of nitrogens with zero attached hydrogens (tertiary/aromatic N) is 3. The lowest BCUT2D eigenvalue weighted by Crippen LogP contribution is -2.45. The van der Waals surface area contributed by atoms with E-state index in [0.29, 0.717) is 32.7 Å². The van der Waals surface area contributed by atoms with Crippen molar-refractivity contribution in [3.8, 4) is 0 Å². The smallest absolute Gasteiger partial charge is 0.254 e. The van der Waals surface area contributed by atoms with Gasteiger partial charge in [-0.15, -0.1) is 11.3 Å². The second-order valence-corrected chi connectivity index (χ2v) is 10.2. The van der Waals surface area contributed by atoms with Crippen LogP contribution in [0, 0.1) is 6.92 Å². The van der Waals surface area contributed by atoms with Gasteiger partial charge in [0.05, 0.1) is 12.6 Å². The molecule has 5 nitrogen and oxygen atoms in total. The molecule has 3 aromatic rings. The van der Waals surface area contributed by atoms with Crippen LogP contribution in [-0.4, -0.2) is 65.8 Å². The highest BCUT2D eigenvalue weighted by molar-refractivity contribution is 7.10. The van der Waals surface area contributed by atoms with Crippen molar-refractivity contribution in [1.82, 2.24) is 14.7 Å². The first-order valence-corrected chi connectivity index (χ1v) is 13.0. The number of benzene rings is 2. The molecule has 0 radical (unpaired) electrons. The predicted octanol–water partition coefficient (Wildman–Crippen LogP) is 4.38. The number of aryl methyl sites for hydroxylation is 1. The average Bonchev–Trinajstić information content (AvgIpc) is 3.19. The molecule has 34 heavy (non-hydrogen) atoms. The van der Waals surface area contributed by atoms with Gasteiger partial charge >= 0.3 is 0 Å². The van der Waals surface area contributed by atoms with Crippen molar-refractivity contribution in [2.75, 3.05) is 39.3 Å². The van der Waals surface area contributed by atoms with E-state index in [9.17, 15) is 9.59 Å². The standard InChI is InChI=1S/C28H31N3O2S/c1-21-8-5-6-11-23(21)28(33)30-15-7-14-29(17-18-30)26(32)20-31-16-12-25-24(13-19-34-25)27(31)22-9-3-2-4-10-22/h2-6,8-11,13,19,27H,7,12,14-18,20H2,1H3. The van der Waals surface area contributed by atoms with Crippen molar-refractivity contribution < 1.29 is 9.59 Å². The van der Waals surface area contributed by atoms with Gasteiger partial charge in [-0.2, -0.15) is 0 Å². The van der Waals surface area contributed by atoms with Gasteiger partial charge in [0, 0.05) is 43.2 Å². The fourth-order valence-corrected chi connectivity index (χ4v) is 6.10. The van der Waals surface area contributed by atoms with E-state index in [2.05, 4.69) is 40.6 Å². The van der Waals surface area contributed by atoms with Gasteiger partial charge in [0.25, 0.3) is 5.91 Å². The summed E-state index contributed by atoms with van der Waals surface area (Å²) in [6.07, 6.45) is 1.79. The van der Waals surface area contributed by atoms with Gasteiger partial charge in [0.1, 0.15) is 0 Å². The minimum absolute atomic E-state index is 0.0672. The Morgan fingerprint density at radius 1 is 0.882 bits per heavy atom. The summed E-state index contributed by atoms with van der Waals surface area (Å²) in [4.78, 5) is 34.1. The minimum Gasteiger partial charge on any atom is -0.340 e. The normalized spacial score (nSPS) is 18.9. The number of hydrogen-bond acceptors (Lipinski definition) is 4. The molecule has 5 rings (SSSR count). The highest BCUT2D eigenvalue weighted by Gasteiger charge is 2.32. The lowest BCUT2D eigenvalue weighted by molar-refractivity contribution is -0.132. The number of fused-ring (bicyclic) bond motifs is 1. The van der Waals surface area contributed by atoms with Crippen molar-refractivity contribution in [1.29, 1.82) is 0 Å². The van der Waals surface area contributed by atoms with E-state index in [4.69, 9.17) is 0 Å². The molecule has 1 atom stereocenters. The summed E-state index contributed by atoms with van der Waals surface area (Å²) in [6, 6.07) is 20.6. The van der Waals surface area contributed by atoms with Crippen LogP contribution in [0.1, 0.15) is 44.4 Å². The first-order chi connectivity index (χ1) is 16.6. The van der Waals surface area contributed by atoms with Crippen molar-refractivity contribution in [3.63, 3.8) is 0 Å². The van der Waals surface area contributed by atoms with Gasteiger partial charge in [-0.1, -0.05) is 48.5 Å². The monoisotopic (exact) mass is 473 g/mol. The Balaban J connectivity index is 1.27. The maximum Gasteiger partial charge on any atom is 0.254 e. The number of hydrogen-bond donors (Lipinski definition) is 0. The fraction of sp³-hybridized carbons (Fsp3) is 0.357. The van der Waals surface area contributed by atoms with E-state index in [1.165, 1.54) is 16.0 Å². The molecule has 0 bridgehead atoms. The predicted molar refractivity (Wildman–Crippen MR) is 136 cm³/mol. The van der Waals surface area contributed by atoms with Crippen LogP contribution in [0.25, 0.3) is 0 Å². The van der Waals surface area contributed by atoms with Gasteiger partial charge in [0.2, 0.25) is 5.91 Å². The molecule has 1 aromatic heterocycles. The Labute approximate surface area is 205 Å². The maximum atomic E-state index is 13.4. The summed E-state index contributed by atoms with van der Waals surface area (Å²) in [6.45, 7) is 5.81. The average molecular weight is 474 g/mol. The summed E-state index contributed by atoms with van der Waals surface area (Å²) in [5.74, 6) is 0.224. The van der Waals surface area contributed by atoms with Gasteiger partial charge in [-0.3, -0.25) is 14.5 Å². The molecular weight excluding hydrogens is 442 g/mol. The number of thiophene rings is 1. The first-order valence-electron chi connectivity index (χ1n) is 12.1. The Morgan fingerprint density at radius 2 is 1.62 bits per heavy atom. The Kier molecular flexibility index (Phi) is 6.79. The van der Waals surface area contributed by atoms with Gasteiger partial charge < -0.3 is 9.80 Å². The molecule has 1 unspecified atom stereocenters. The van der Waals surface area contributed by atoms with Crippen LogP contribution in [-0.2, 0) is 11.2 Å². The van der Waals surface area contributed by atoms with E-state index in [-0.39, 0.29) is 17.9 Å². The van der Waals surface area contributed by atoms with Crippen LogP contribution in [0.3, 0.4) is 0 Å². The summed E-state index contributed by atoms with van der Waals surface area (Å²) < 4.78 is 0. The topological polar surface area (TPSA) is 43.9 Å². The summed E-state index contributed by atoms with van der Waals surface area (Å²) in [5, 5.41) is 2.17. The van der Waals surface area contributed by atoms with Crippen LogP contribution in [0.2, 0.25) is 0 Å². The molecule has 1 fully saturated rings. The summed E-state index contributed by atoms with van der Waals surface area (Å²) >= 11 is 1.82. The third kappa shape index (κ3) is 4.65. The van der Waals surface area contributed by atoms with Gasteiger partial charge in [-0.25, -0.2) is 0 Å². The molecule has 2 aliphatic heterocycles. The Hall–Kier alpha value is -2.96. The minimum atomic E-state index is 0.0672. The molecule has 2 amide bonds. The summed E-state index contributed by atoms with van der Waals surface area (Å²) in [7, 11) is 0. The SMILES string of the molecule is Cc1ccccc1C(=O)N1CCCN(C(=O)CN2CCc3sccc3C2c2ccccc2)CC1. The lowest BCUT2D eigenvalue weighted by Gasteiger charge is -2.37. The van der Waals surface area contributed by atoms with Crippen LogP contribution in [0.4, 0.5) is 0 Å². The second kappa shape index (κ2) is 10.1. The van der Waals surface area contributed by atoms with Crippen molar-refractivity contribution in [2.24, 2.45) is 0 Å². The van der Waals surface area contributed by atoms with E-state index >= 15 is 0 Å². The highest BCUT2D eigenvalue weighted by Crippen LogP contribution is 2.37. The van der Waals surface area contributed by atoms with Crippen LogP contribution >= 0.6 is 11.3 Å². The number of amides is 2. The zero-order valence-corrected chi connectivity index (χ0v) is 20.5. The zero-order chi connectivity index (χ0) is 23.5. The van der Waals surface area contributed by atoms with E-state index in [1.807, 2.05) is 58.4 Å². The highest BCUT2D eigenvalue weighted by atomic mass is 32.1. The number of rotatable bonds is 4. The molecule has 2 aromatic carbocycles. The molecule has 1 saturated heterocycles. The number of carbonyl (C=O) groups excluding carboxylic acids is 2. The third-order valence-corrected chi connectivity index (χ3v) is 8.03. The Morgan fingerprint density at radius 3 is 2.44 bits per heavy atom. The molecular formula is C28H31N3O2S. The van der Waals surface area contributed by atoms with Crippen LogP contribution < -0.4 is 0 Å². The molecule has 6 heteroatoms. The van der Waals surface area contributed by atoms with Crippen molar-refractivity contribution in [2.45, 2.75) is 25.8 Å². The zero-order valence-electron chi connectivity index (χ0n) is 19.7. The van der Waals surface area contributed by atoms with Crippen LogP contribution in [0.5, 0.6) is 0 Å². The molecule has 0 saturated carbocycles. The molecule has 0 aliphatic carbocycles. The quantitative estimate of drug-likeness (QED) is 0.565. The third-order valence-electron chi connectivity index (χ3n) is 7.03. The summed E-state index contributed by atoms with van der Waals surface area (Å²) in [5.41, 5.74) is 4.32. The second-order valence-electron chi connectivity index (χ2n) is 9.17. The number of carbonyl (C=O) groups is 2. The maximum absolute atomic E-state index is 13.4. The Bertz CT molecular complexity index is 1160. The molecule has 0 spiro atoms. The molecule has 2 aliphatic rings. The molecule has 0 N–H and O–H groups in total. The largest absolute Gasteiger partial charge is 0.340 e. The first kappa shape index (κ1) is 22.8. The van der Waals surface area contributed by atoms with E-state index in [1.54, 1.807) is 0 Å². The van der Waals surface area contributed by atoms with Crippen molar-refractivity contribution >= 4 is 23.2 Å². The van der Waals surface area contributed by atoms with Crippen molar-refractivity contribution in [3.05, 3.63) is 93.2 Å². The van der Waals surface area contributed by atoms with E-state index in [0.717, 1.165) is 30.5 Å².